The van der Waals surface area contributed by atoms with Crippen LogP contribution in [0.2, 0.25) is 0 Å². The normalized spacial score (nSPS) is 11.1. The average Bonchev–Trinajstić information content (AvgIpc) is 2.11. The summed E-state index contributed by atoms with van der Waals surface area (Å²) in [5.41, 5.74) is 4.44. The van der Waals surface area contributed by atoms with E-state index in [1.54, 1.807) is 20.8 Å². The summed E-state index contributed by atoms with van der Waals surface area (Å²) in [7, 11) is 0. The molecule has 0 aromatic heterocycles. The second-order valence-electron chi connectivity index (χ2n) is 4.57. The third-order valence-corrected chi connectivity index (χ3v) is 1.73. The van der Waals surface area contributed by atoms with Crippen molar-refractivity contribution in [1.29, 1.82) is 0 Å². The molecule has 0 unspecified atom stereocenters. The summed E-state index contributed by atoms with van der Waals surface area (Å²) in [5, 5.41) is 2.47. The summed E-state index contributed by atoms with van der Waals surface area (Å²) in [5.74, 6) is -2.29. The lowest BCUT2D eigenvalue weighted by atomic mass is 10.1. The molecule has 0 aliphatic rings. The molecule has 6 heteroatoms. The fourth-order valence-electron chi connectivity index (χ4n) is 1.05. The number of nitrogens with two attached hydrogens (primary N) is 1. The molecule has 0 aliphatic heterocycles. The number of hydrogen-bond donors (Lipinski definition) is 2. The van der Waals surface area contributed by atoms with E-state index < -0.39 is 29.0 Å². The Morgan fingerprint density at radius 3 is 2.41 bits per heavy atom. The first kappa shape index (κ1) is 13.2. The van der Waals surface area contributed by atoms with E-state index in [0.29, 0.717) is 6.07 Å². The number of carbonyl (C=O) groups is 1. The van der Waals surface area contributed by atoms with Gasteiger partial charge in [0.1, 0.15) is 5.82 Å². The van der Waals surface area contributed by atoms with Crippen molar-refractivity contribution in [1.82, 2.24) is 5.32 Å². The predicted molar refractivity (Wildman–Crippen MR) is 59.7 cm³/mol. The molecule has 0 saturated carbocycles. The topological polar surface area (TPSA) is 64.3 Å². The molecule has 94 valence electrons. The van der Waals surface area contributed by atoms with Gasteiger partial charge in [-0.3, -0.25) is 0 Å². The highest BCUT2D eigenvalue weighted by atomic mass is 19.1. The smallest absolute Gasteiger partial charge is 0.407 e. The van der Waals surface area contributed by atoms with Crippen LogP contribution in [0.5, 0.6) is 5.75 Å². The Morgan fingerprint density at radius 2 is 1.88 bits per heavy atom. The van der Waals surface area contributed by atoms with Crippen LogP contribution < -0.4 is 15.8 Å². The van der Waals surface area contributed by atoms with Crippen LogP contribution in [0, 0.1) is 11.6 Å². The molecule has 0 bridgehead atoms. The number of rotatable bonds is 1. The Morgan fingerprint density at radius 1 is 1.29 bits per heavy atom. The highest BCUT2D eigenvalue weighted by Gasteiger charge is 2.17. The van der Waals surface area contributed by atoms with Crippen molar-refractivity contribution in [2.75, 3.05) is 5.73 Å². The van der Waals surface area contributed by atoms with E-state index in [-0.39, 0.29) is 5.69 Å². The third-order valence-electron chi connectivity index (χ3n) is 1.73. The monoisotopic (exact) mass is 244 g/mol. The standard InChI is InChI=1S/C11H14F2N2O2/c1-11(2,3)15-10(16)17-9-5-8(14)6(12)4-7(9)13/h4-5H,14H2,1-3H3,(H,15,16). The van der Waals surface area contributed by atoms with Gasteiger partial charge in [-0.05, 0) is 20.8 Å². The molecule has 0 atom stereocenters. The Labute approximate surface area is 97.8 Å². The number of halogens is 2. The minimum atomic E-state index is -0.985. The van der Waals surface area contributed by atoms with Crippen LogP contribution in [0.1, 0.15) is 20.8 Å². The quantitative estimate of drug-likeness (QED) is 0.746. The van der Waals surface area contributed by atoms with Gasteiger partial charge in [0.15, 0.2) is 11.6 Å². The molecular weight excluding hydrogens is 230 g/mol. The molecule has 0 radical (unpaired) electrons. The highest BCUT2D eigenvalue weighted by molar-refractivity contribution is 5.71. The Kier molecular flexibility index (Phi) is 3.55. The first-order valence-electron chi connectivity index (χ1n) is 4.93. The van der Waals surface area contributed by atoms with Crippen LogP contribution in [0.4, 0.5) is 19.3 Å². The number of carbonyl (C=O) groups excluding carboxylic acids is 1. The van der Waals surface area contributed by atoms with Gasteiger partial charge in [0.25, 0.3) is 0 Å². The largest absolute Gasteiger partial charge is 0.413 e. The zero-order valence-corrected chi connectivity index (χ0v) is 9.80. The van der Waals surface area contributed by atoms with Crippen molar-refractivity contribution in [3.8, 4) is 5.75 Å². The van der Waals surface area contributed by atoms with Crippen LogP contribution in [0.25, 0.3) is 0 Å². The Balaban J connectivity index is 2.82. The van der Waals surface area contributed by atoms with E-state index in [9.17, 15) is 13.6 Å². The molecule has 1 aromatic rings. The summed E-state index contributed by atoms with van der Waals surface area (Å²) in [4.78, 5) is 11.3. The average molecular weight is 244 g/mol. The maximum absolute atomic E-state index is 13.2. The lowest BCUT2D eigenvalue weighted by molar-refractivity contribution is 0.188. The molecule has 3 N–H and O–H groups in total. The molecule has 0 heterocycles. The van der Waals surface area contributed by atoms with E-state index in [1.807, 2.05) is 0 Å². The molecule has 0 aliphatic carbocycles. The summed E-state index contributed by atoms with van der Waals surface area (Å²) in [6.45, 7) is 5.22. The second-order valence-corrected chi connectivity index (χ2v) is 4.57. The predicted octanol–water partition coefficient (Wildman–Crippen LogP) is 2.43. The molecule has 1 amide bonds. The van der Waals surface area contributed by atoms with Gasteiger partial charge in [0.05, 0.1) is 5.69 Å². The zero-order chi connectivity index (χ0) is 13.2. The number of ether oxygens (including phenoxy) is 1. The van der Waals surface area contributed by atoms with Crippen molar-refractivity contribution in [2.45, 2.75) is 26.3 Å². The first-order valence-corrected chi connectivity index (χ1v) is 4.93. The maximum atomic E-state index is 13.2. The van der Waals surface area contributed by atoms with Gasteiger partial charge >= 0.3 is 6.09 Å². The fraction of sp³-hybridized carbons (Fsp3) is 0.364. The number of nitrogens with one attached hydrogen (secondary N) is 1. The summed E-state index contributed by atoms with van der Waals surface area (Å²) in [6.07, 6.45) is -0.831. The van der Waals surface area contributed by atoms with Crippen LogP contribution in [0.3, 0.4) is 0 Å². The zero-order valence-electron chi connectivity index (χ0n) is 9.80. The minimum absolute atomic E-state index is 0.287. The number of benzene rings is 1. The fourth-order valence-corrected chi connectivity index (χ4v) is 1.05. The van der Waals surface area contributed by atoms with Crippen LogP contribution >= 0.6 is 0 Å². The SMILES string of the molecule is CC(C)(C)NC(=O)Oc1cc(N)c(F)cc1F. The van der Waals surface area contributed by atoms with Crippen molar-refractivity contribution in [3.63, 3.8) is 0 Å². The summed E-state index contributed by atoms with van der Waals surface area (Å²) >= 11 is 0. The molecule has 1 aromatic carbocycles. The van der Waals surface area contributed by atoms with Crippen molar-refractivity contribution in [3.05, 3.63) is 23.8 Å². The number of amides is 1. The van der Waals surface area contributed by atoms with E-state index in [1.165, 1.54) is 0 Å². The van der Waals surface area contributed by atoms with Crippen molar-refractivity contribution in [2.24, 2.45) is 0 Å². The van der Waals surface area contributed by atoms with Gasteiger partial charge < -0.3 is 15.8 Å². The summed E-state index contributed by atoms with van der Waals surface area (Å²) in [6, 6.07) is 1.49. The Bertz CT molecular complexity index is 442. The first-order chi connectivity index (χ1) is 7.69. The van der Waals surface area contributed by atoms with E-state index in [2.05, 4.69) is 10.1 Å². The molecule has 0 spiro atoms. The lowest BCUT2D eigenvalue weighted by Crippen LogP contribution is -2.42. The maximum Gasteiger partial charge on any atom is 0.413 e. The van der Waals surface area contributed by atoms with Crippen molar-refractivity contribution < 1.29 is 18.3 Å². The third kappa shape index (κ3) is 3.90. The van der Waals surface area contributed by atoms with E-state index >= 15 is 0 Å². The molecule has 0 saturated heterocycles. The van der Waals surface area contributed by atoms with Gasteiger partial charge in [-0.2, -0.15) is 0 Å². The Hall–Kier alpha value is -1.85. The van der Waals surface area contributed by atoms with Gasteiger partial charge in [-0.1, -0.05) is 0 Å². The number of anilines is 1. The molecule has 1 rings (SSSR count). The highest BCUT2D eigenvalue weighted by Crippen LogP contribution is 2.23. The van der Waals surface area contributed by atoms with Crippen molar-refractivity contribution >= 4 is 11.8 Å². The molecule has 4 nitrogen and oxygen atoms in total. The number of hydrogen-bond acceptors (Lipinski definition) is 3. The van der Waals surface area contributed by atoms with Crippen LogP contribution in [-0.2, 0) is 0 Å². The van der Waals surface area contributed by atoms with Crippen LogP contribution in [0.15, 0.2) is 12.1 Å². The van der Waals surface area contributed by atoms with Gasteiger partial charge in [0.2, 0.25) is 0 Å². The van der Waals surface area contributed by atoms with Crippen LogP contribution in [-0.4, -0.2) is 11.6 Å². The minimum Gasteiger partial charge on any atom is -0.407 e. The number of nitrogen functional groups attached to an aromatic ring is 1. The van der Waals surface area contributed by atoms with Gasteiger partial charge in [-0.15, -0.1) is 0 Å². The van der Waals surface area contributed by atoms with E-state index in [0.717, 1.165) is 6.07 Å². The summed E-state index contributed by atoms with van der Waals surface area (Å²) < 4.78 is 30.8. The van der Waals surface area contributed by atoms with Gasteiger partial charge in [-0.25, -0.2) is 13.6 Å². The van der Waals surface area contributed by atoms with E-state index in [4.69, 9.17) is 5.73 Å². The molecule has 17 heavy (non-hydrogen) atoms. The second kappa shape index (κ2) is 4.57. The lowest BCUT2D eigenvalue weighted by Gasteiger charge is -2.20. The molecular formula is C11H14F2N2O2. The molecule has 0 fully saturated rings. The van der Waals surface area contributed by atoms with Gasteiger partial charge in [0, 0.05) is 17.7 Å².